The first-order valence-corrected chi connectivity index (χ1v) is 8.97. The van der Waals surface area contributed by atoms with Crippen LogP contribution in [0.25, 0.3) is 0 Å². The molecule has 0 radical (unpaired) electrons. The van der Waals surface area contributed by atoms with E-state index in [-0.39, 0.29) is 34.2 Å². The maximum atomic E-state index is 12.6. The first-order chi connectivity index (χ1) is 13.1. The van der Waals surface area contributed by atoms with Crippen LogP contribution in [0, 0.1) is 6.92 Å². The van der Waals surface area contributed by atoms with Crippen LogP contribution >= 0.6 is 11.3 Å². The molecule has 0 saturated heterocycles. The summed E-state index contributed by atoms with van der Waals surface area (Å²) in [5, 5.41) is 3.88. The summed E-state index contributed by atoms with van der Waals surface area (Å²) in [6.45, 7) is 3.15. The topological polar surface area (TPSA) is 84.5 Å². The first kappa shape index (κ1) is 21.4. The molecule has 150 valence electrons. The highest BCUT2D eigenvalue weighted by molar-refractivity contribution is 7.18. The predicted molar refractivity (Wildman–Crippen MR) is 97.3 cm³/mol. The number of hydrogen-bond donors (Lipinski definition) is 2. The number of halogens is 3. The second-order valence-corrected chi connectivity index (χ2v) is 6.62. The van der Waals surface area contributed by atoms with Crippen LogP contribution in [0.15, 0.2) is 30.3 Å². The normalized spacial score (nSPS) is 11.0. The lowest BCUT2D eigenvalue weighted by atomic mass is 10.1. The monoisotopic (exact) mass is 414 g/mol. The Morgan fingerprint density at radius 2 is 1.79 bits per heavy atom. The van der Waals surface area contributed by atoms with Gasteiger partial charge in [0.1, 0.15) is 9.88 Å². The van der Waals surface area contributed by atoms with Crippen molar-refractivity contribution in [3.8, 4) is 0 Å². The Bertz CT molecular complexity index is 879. The smallest absolute Gasteiger partial charge is 0.462 e. The maximum Gasteiger partial charge on any atom is 0.471 e. The zero-order valence-corrected chi connectivity index (χ0v) is 15.8. The molecule has 0 atom stereocenters. The summed E-state index contributed by atoms with van der Waals surface area (Å²) in [6.07, 6.45) is -5.14. The summed E-state index contributed by atoms with van der Waals surface area (Å²) in [5.41, 5.74) is 0.697. The van der Waals surface area contributed by atoms with Crippen LogP contribution in [0.5, 0.6) is 0 Å². The van der Waals surface area contributed by atoms with Crippen molar-refractivity contribution in [2.45, 2.75) is 26.6 Å². The number of hydrogen-bond acceptors (Lipinski definition) is 5. The van der Waals surface area contributed by atoms with Gasteiger partial charge in [-0.15, -0.1) is 11.3 Å². The Balaban J connectivity index is 2.34. The van der Waals surface area contributed by atoms with Crippen LogP contribution in [-0.2, 0) is 16.1 Å². The van der Waals surface area contributed by atoms with E-state index in [4.69, 9.17) is 4.74 Å². The lowest BCUT2D eigenvalue weighted by Crippen LogP contribution is -2.31. The van der Waals surface area contributed by atoms with Crippen LogP contribution in [0.4, 0.5) is 18.2 Å². The number of thiophene rings is 1. The molecule has 2 aromatic rings. The molecule has 1 aromatic carbocycles. The van der Waals surface area contributed by atoms with Gasteiger partial charge in [-0.1, -0.05) is 30.3 Å². The molecule has 0 saturated carbocycles. The van der Waals surface area contributed by atoms with Gasteiger partial charge in [0.25, 0.3) is 5.91 Å². The van der Waals surface area contributed by atoms with Gasteiger partial charge in [0, 0.05) is 6.54 Å². The number of carbonyl (C=O) groups excluding carboxylic acids is 3. The molecule has 1 heterocycles. The molecule has 6 nitrogen and oxygen atoms in total. The summed E-state index contributed by atoms with van der Waals surface area (Å²) in [5.74, 6) is -3.73. The minimum atomic E-state index is -5.14. The SMILES string of the molecule is CCOC(=O)c1sc(NC(=O)C(F)(F)F)c(C(=O)NCc2ccccc2)c1C. The van der Waals surface area contributed by atoms with Crippen molar-refractivity contribution in [2.24, 2.45) is 0 Å². The lowest BCUT2D eigenvalue weighted by molar-refractivity contribution is -0.167. The molecule has 2 N–H and O–H groups in total. The number of esters is 1. The largest absolute Gasteiger partial charge is 0.471 e. The van der Waals surface area contributed by atoms with Gasteiger partial charge in [0.05, 0.1) is 12.2 Å². The predicted octanol–water partition coefficient (Wildman–Crippen LogP) is 3.66. The van der Waals surface area contributed by atoms with Crippen molar-refractivity contribution in [3.05, 3.63) is 51.9 Å². The zero-order valence-electron chi connectivity index (χ0n) is 15.0. The number of alkyl halides is 3. The highest BCUT2D eigenvalue weighted by Gasteiger charge is 2.40. The molecule has 10 heteroatoms. The Kier molecular flexibility index (Phi) is 6.79. The van der Waals surface area contributed by atoms with E-state index in [1.165, 1.54) is 6.92 Å². The Morgan fingerprint density at radius 3 is 2.36 bits per heavy atom. The molecule has 0 aliphatic carbocycles. The summed E-state index contributed by atoms with van der Waals surface area (Å²) < 4.78 is 42.7. The van der Waals surface area contributed by atoms with Gasteiger partial charge >= 0.3 is 18.1 Å². The highest BCUT2D eigenvalue weighted by atomic mass is 32.1. The molecule has 0 unspecified atom stereocenters. The molecule has 28 heavy (non-hydrogen) atoms. The van der Waals surface area contributed by atoms with E-state index in [1.54, 1.807) is 42.6 Å². The minimum absolute atomic E-state index is 0.0515. The van der Waals surface area contributed by atoms with Gasteiger partial charge in [-0.25, -0.2) is 4.79 Å². The maximum absolute atomic E-state index is 12.6. The average Bonchev–Trinajstić information content (AvgIpc) is 2.96. The Hall–Kier alpha value is -2.88. The van der Waals surface area contributed by atoms with Gasteiger partial charge in [0.15, 0.2) is 0 Å². The lowest BCUT2D eigenvalue weighted by Gasteiger charge is -2.10. The number of anilines is 1. The summed E-state index contributed by atoms with van der Waals surface area (Å²) in [4.78, 5) is 35.9. The van der Waals surface area contributed by atoms with E-state index < -0.39 is 24.0 Å². The fourth-order valence-corrected chi connectivity index (χ4v) is 3.40. The van der Waals surface area contributed by atoms with Crippen molar-refractivity contribution in [2.75, 3.05) is 11.9 Å². The van der Waals surface area contributed by atoms with Crippen LogP contribution < -0.4 is 10.6 Å². The van der Waals surface area contributed by atoms with E-state index >= 15 is 0 Å². The molecule has 0 bridgehead atoms. The number of amides is 2. The van der Waals surface area contributed by atoms with E-state index in [9.17, 15) is 27.6 Å². The second-order valence-electron chi connectivity index (χ2n) is 5.60. The molecule has 2 rings (SSSR count). The number of rotatable bonds is 6. The zero-order chi connectivity index (χ0) is 20.9. The van der Waals surface area contributed by atoms with E-state index in [0.29, 0.717) is 11.3 Å². The molecule has 0 spiro atoms. The molecular formula is C18H17F3N2O4S. The highest BCUT2D eigenvalue weighted by Crippen LogP contribution is 2.34. The van der Waals surface area contributed by atoms with Gasteiger partial charge < -0.3 is 15.4 Å². The van der Waals surface area contributed by atoms with Gasteiger partial charge in [-0.3, -0.25) is 9.59 Å². The standard InChI is InChI=1S/C18H17F3N2O4S/c1-3-27-16(25)13-10(2)12(15(28-13)23-17(26)18(19,20)21)14(24)22-9-11-7-5-4-6-8-11/h4-8H,3,9H2,1-2H3,(H,22,24)(H,23,26). The Morgan fingerprint density at radius 1 is 1.14 bits per heavy atom. The fourth-order valence-electron chi connectivity index (χ4n) is 2.31. The molecule has 2 amide bonds. The van der Waals surface area contributed by atoms with Gasteiger partial charge in [-0.2, -0.15) is 13.2 Å². The number of nitrogens with one attached hydrogen (secondary N) is 2. The Labute approximate surface area is 162 Å². The van der Waals surface area contributed by atoms with Crippen molar-refractivity contribution in [3.63, 3.8) is 0 Å². The number of ether oxygens (including phenoxy) is 1. The van der Waals surface area contributed by atoms with Crippen molar-refractivity contribution >= 4 is 34.1 Å². The third-order valence-corrected chi connectivity index (χ3v) is 4.80. The van der Waals surface area contributed by atoms with Gasteiger partial charge in [0.2, 0.25) is 0 Å². The van der Waals surface area contributed by atoms with E-state index in [1.807, 2.05) is 0 Å². The van der Waals surface area contributed by atoms with Crippen LogP contribution in [0.3, 0.4) is 0 Å². The molecular weight excluding hydrogens is 397 g/mol. The van der Waals surface area contributed by atoms with Crippen LogP contribution in [0.2, 0.25) is 0 Å². The molecule has 1 aromatic heterocycles. The fraction of sp³-hybridized carbons (Fsp3) is 0.278. The molecule has 0 aliphatic rings. The minimum Gasteiger partial charge on any atom is -0.462 e. The van der Waals surface area contributed by atoms with Crippen molar-refractivity contribution < 1.29 is 32.3 Å². The van der Waals surface area contributed by atoms with Gasteiger partial charge in [-0.05, 0) is 25.0 Å². The summed E-state index contributed by atoms with van der Waals surface area (Å²) in [7, 11) is 0. The molecule has 0 aliphatic heterocycles. The average molecular weight is 414 g/mol. The number of benzene rings is 1. The van der Waals surface area contributed by atoms with Crippen molar-refractivity contribution in [1.82, 2.24) is 5.32 Å². The third kappa shape index (κ3) is 5.10. The van der Waals surface area contributed by atoms with Crippen LogP contribution in [-0.4, -0.2) is 30.6 Å². The first-order valence-electron chi connectivity index (χ1n) is 8.16. The van der Waals surface area contributed by atoms with E-state index in [0.717, 1.165) is 5.56 Å². The van der Waals surface area contributed by atoms with Crippen molar-refractivity contribution in [1.29, 1.82) is 0 Å². The summed E-state index contributed by atoms with van der Waals surface area (Å²) in [6, 6.07) is 8.86. The van der Waals surface area contributed by atoms with E-state index in [2.05, 4.69) is 5.32 Å². The third-order valence-electron chi connectivity index (χ3n) is 3.62. The number of carbonyl (C=O) groups is 3. The molecule has 0 fully saturated rings. The van der Waals surface area contributed by atoms with Crippen LogP contribution in [0.1, 0.15) is 38.1 Å². The quantitative estimate of drug-likeness (QED) is 0.707. The summed E-state index contributed by atoms with van der Waals surface area (Å²) >= 11 is 0.561. The second kappa shape index (κ2) is 8.87.